The van der Waals surface area contributed by atoms with Crippen LogP contribution in [0.3, 0.4) is 0 Å². The molecule has 0 unspecified atom stereocenters. The topological polar surface area (TPSA) is 41.6 Å². The summed E-state index contributed by atoms with van der Waals surface area (Å²) >= 11 is 0. The number of nitrogens with one attached hydrogen (secondary N) is 1. The van der Waals surface area contributed by atoms with E-state index in [0.717, 1.165) is 24.1 Å². The Morgan fingerprint density at radius 2 is 1.93 bits per heavy atom. The molecule has 1 amide bonds. The summed E-state index contributed by atoms with van der Waals surface area (Å²) in [5, 5.41) is 3.17. The molecule has 0 aromatic heterocycles. The number of carbonyl (C=O) groups excluding carboxylic acids is 1. The van der Waals surface area contributed by atoms with E-state index >= 15 is 0 Å². The van der Waals surface area contributed by atoms with Crippen molar-refractivity contribution in [1.82, 2.24) is 5.32 Å². The highest BCUT2D eigenvalue weighted by Crippen LogP contribution is 2.36. The summed E-state index contributed by atoms with van der Waals surface area (Å²) in [5.41, 5.74) is 3.21. The zero-order valence-electron chi connectivity index (χ0n) is 16.3. The van der Waals surface area contributed by atoms with Gasteiger partial charge < -0.3 is 15.0 Å². The highest BCUT2D eigenvalue weighted by molar-refractivity contribution is 5.78. The van der Waals surface area contributed by atoms with Gasteiger partial charge in [-0.05, 0) is 37.5 Å². The van der Waals surface area contributed by atoms with Gasteiger partial charge in [0.25, 0.3) is 0 Å². The van der Waals surface area contributed by atoms with Gasteiger partial charge in [-0.15, -0.1) is 0 Å². The fourth-order valence-corrected chi connectivity index (χ4v) is 4.16. The Labute approximate surface area is 165 Å². The number of anilines is 1. The van der Waals surface area contributed by atoms with Crippen LogP contribution in [0, 0.1) is 12.7 Å². The van der Waals surface area contributed by atoms with Gasteiger partial charge >= 0.3 is 0 Å². The molecule has 2 aliphatic rings. The van der Waals surface area contributed by atoms with E-state index in [-0.39, 0.29) is 17.8 Å². The third-order valence-corrected chi connectivity index (χ3v) is 5.72. The highest BCUT2D eigenvalue weighted by atomic mass is 19.1. The van der Waals surface area contributed by atoms with Crippen molar-refractivity contribution >= 4 is 11.6 Å². The average molecular weight is 382 g/mol. The number of benzene rings is 2. The van der Waals surface area contributed by atoms with Crippen LogP contribution in [0.5, 0.6) is 5.75 Å². The Balaban J connectivity index is 1.54. The maximum absolute atomic E-state index is 13.7. The minimum absolute atomic E-state index is 0.0694. The zero-order chi connectivity index (χ0) is 19.5. The van der Waals surface area contributed by atoms with Crippen LogP contribution in [-0.4, -0.2) is 24.6 Å². The lowest BCUT2D eigenvalue weighted by Gasteiger charge is -2.38. The second-order valence-corrected chi connectivity index (χ2v) is 7.94. The van der Waals surface area contributed by atoms with E-state index in [1.165, 1.54) is 30.5 Å². The van der Waals surface area contributed by atoms with Crippen molar-refractivity contribution in [3.8, 4) is 5.75 Å². The van der Waals surface area contributed by atoms with Crippen molar-refractivity contribution in [3.05, 3.63) is 59.4 Å². The number of carbonyl (C=O) groups is 1. The number of nitrogens with zero attached hydrogens (tertiary/aromatic N) is 1. The lowest BCUT2D eigenvalue weighted by molar-refractivity contribution is -0.122. The van der Waals surface area contributed by atoms with E-state index < -0.39 is 0 Å². The summed E-state index contributed by atoms with van der Waals surface area (Å²) in [6.07, 6.45) is 4.90. The van der Waals surface area contributed by atoms with Gasteiger partial charge in [0, 0.05) is 18.7 Å². The Morgan fingerprint density at radius 3 is 2.68 bits per heavy atom. The molecular formula is C23H27FN2O2. The molecule has 1 fully saturated rings. The summed E-state index contributed by atoms with van der Waals surface area (Å²) in [6, 6.07) is 13.2. The number of rotatable bonds is 5. The number of fused-ring (bicyclic) bond motifs is 1. The molecule has 1 aliphatic carbocycles. The molecular weight excluding hydrogens is 355 g/mol. The third-order valence-electron chi connectivity index (χ3n) is 5.72. The number of halogens is 1. The molecule has 2 aromatic carbocycles. The van der Waals surface area contributed by atoms with Crippen LogP contribution < -0.4 is 15.0 Å². The molecule has 1 aliphatic heterocycles. The first-order valence-electron chi connectivity index (χ1n) is 10.1. The van der Waals surface area contributed by atoms with Crippen molar-refractivity contribution in [2.45, 2.75) is 57.7 Å². The molecule has 0 bridgehead atoms. The lowest BCUT2D eigenvalue weighted by atomic mass is 10.0. The van der Waals surface area contributed by atoms with Crippen molar-refractivity contribution in [1.29, 1.82) is 0 Å². The van der Waals surface area contributed by atoms with E-state index in [0.29, 0.717) is 31.4 Å². The molecule has 5 heteroatoms. The molecule has 1 heterocycles. The molecule has 0 radical (unpaired) electrons. The first kappa shape index (κ1) is 18.8. The second-order valence-electron chi connectivity index (χ2n) is 7.94. The molecule has 4 rings (SSSR count). The van der Waals surface area contributed by atoms with Gasteiger partial charge in [0.15, 0.2) is 0 Å². The van der Waals surface area contributed by atoms with E-state index in [2.05, 4.69) is 41.4 Å². The number of aryl methyl sites for hydroxylation is 1. The molecule has 1 N–H and O–H groups in total. The maximum atomic E-state index is 13.7. The van der Waals surface area contributed by atoms with Gasteiger partial charge in [0.05, 0.1) is 18.2 Å². The van der Waals surface area contributed by atoms with Crippen LogP contribution in [0.15, 0.2) is 42.5 Å². The molecule has 1 atom stereocenters. The summed E-state index contributed by atoms with van der Waals surface area (Å²) in [4.78, 5) is 14.8. The van der Waals surface area contributed by atoms with Crippen LogP contribution in [0.1, 0.15) is 43.2 Å². The van der Waals surface area contributed by atoms with Gasteiger partial charge in [-0.3, -0.25) is 4.79 Å². The predicted octanol–water partition coefficient (Wildman–Crippen LogP) is 4.35. The SMILES string of the molecule is Cc1ccc(CN2c3ccc(F)cc3OC[C@H]2CC(=O)NC2CCCC2)cc1. The van der Waals surface area contributed by atoms with Gasteiger partial charge in [-0.2, -0.15) is 0 Å². The Hall–Kier alpha value is -2.56. The van der Waals surface area contributed by atoms with Crippen LogP contribution >= 0.6 is 0 Å². The highest BCUT2D eigenvalue weighted by Gasteiger charge is 2.30. The van der Waals surface area contributed by atoms with Crippen LogP contribution in [-0.2, 0) is 11.3 Å². The van der Waals surface area contributed by atoms with Gasteiger partial charge in [-0.1, -0.05) is 42.7 Å². The van der Waals surface area contributed by atoms with Gasteiger partial charge in [-0.25, -0.2) is 4.39 Å². The van der Waals surface area contributed by atoms with Crippen LogP contribution in [0.25, 0.3) is 0 Å². The smallest absolute Gasteiger partial charge is 0.222 e. The van der Waals surface area contributed by atoms with Crippen LogP contribution in [0.4, 0.5) is 10.1 Å². The average Bonchev–Trinajstić information content (AvgIpc) is 3.18. The van der Waals surface area contributed by atoms with Crippen molar-refractivity contribution < 1.29 is 13.9 Å². The van der Waals surface area contributed by atoms with Crippen LogP contribution in [0.2, 0.25) is 0 Å². The van der Waals surface area contributed by atoms with Crippen molar-refractivity contribution in [3.63, 3.8) is 0 Å². The molecule has 4 nitrogen and oxygen atoms in total. The predicted molar refractivity (Wildman–Crippen MR) is 108 cm³/mol. The second kappa shape index (κ2) is 8.21. The number of ether oxygens (including phenoxy) is 1. The molecule has 28 heavy (non-hydrogen) atoms. The Morgan fingerprint density at radius 1 is 1.18 bits per heavy atom. The summed E-state index contributed by atoms with van der Waals surface area (Å²) in [7, 11) is 0. The zero-order valence-corrected chi connectivity index (χ0v) is 16.3. The maximum Gasteiger partial charge on any atom is 0.222 e. The normalized spacial score (nSPS) is 19.2. The van der Waals surface area contributed by atoms with Gasteiger partial charge in [0.2, 0.25) is 5.91 Å². The molecule has 1 saturated carbocycles. The first-order valence-corrected chi connectivity index (χ1v) is 10.1. The van der Waals surface area contributed by atoms with E-state index in [9.17, 15) is 9.18 Å². The third kappa shape index (κ3) is 4.29. The molecule has 0 spiro atoms. The minimum atomic E-state index is -0.313. The van der Waals surface area contributed by atoms with Crippen molar-refractivity contribution in [2.75, 3.05) is 11.5 Å². The largest absolute Gasteiger partial charge is 0.489 e. The lowest BCUT2D eigenvalue weighted by Crippen LogP contribution is -2.46. The standard InChI is InChI=1S/C23H27FN2O2/c1-16-6-8-17(9-7-16)14-26-20(13-23(27)25-19-4-2-3-5-19)15-28-22-12-18(24)10-11-21(22)26/h6-12,19-20H,2-5,13-15H2,1H3,(H,25,27)/t20-/m1/s1. The summed E-state index contributed by atoms with van der Waals surface area (Å²) in [6.45, 7) is 3.09. The number of hydrogen-bond acceptors (Lipinski definition) is 3. The van der Waals surface area contributed by atoms with Crippen molar-refractivity contribution in [2.24, 2.45) is 0 Å². The first-order chi connectivity index (χ1) is 13.6. The monoisotopic (exact) mass is 382 g/mol. The van der Waals surface area contributed by atoms with E-state index in [4.69, 9.17) is 4.74 Å². The number of hydrogen-bond donors (Lipinski definition) is 1. The molecule has 0 saturated heterocycles. The quantitative estimate of drug-likeness (QED) is 0.836. The number of amides is 1. The van der Waals surface area contributed by atoms with E-state index in [1.807, 2.05) is 0 Å². The molecule has 148 valence electrons. The van der Waals surface area contributed by atoms with E-state index in [1.54, 1.807) is 6.07 Å². The summed E-state index contributed by atoms with van der Waals surface area (Å²) < 4.78 is 19.5. The van der Waals surface area contributed by atoms with Gasteiger partial charge in [0.1, 0.15) is 18.2 Å². The fourth-order valence-electron chi connectivity index (χ4n) is 4.16. The summed E-state index contributed by atoms with van der Waals surface area (Å²) in [5.74, 6) is 0.297. The minimum Gasteiger partial charge on any atom is -0.489 e. The fraction of sp³-hybridized carbons (Fsp3) is 0.435. The Bertz CT molecular complexity index is 831. The Kier molecular flexibility index (Phi) is 5.51. The molecule has 2 aromatic rings.